The average Bonchev–Trinajstić information content (AvgIpc) is 2.81. The van der Waals surface area contributed by atoms with Crippen LogP contribution in [0.5, 0.6) is 0 Å². The molecule has 1 aromatic rings. The zero-order chi connectivity index (χ0) is 9.38. The number of quaternary nitrogens is 1. The number of nitrogens with zero attached hydrogens (tertiary/aromatic N) is 1. The molecule has 2 fully saturated rings. The highest BCUT2D eigenvalue weighted by atomic mass is 15.3. The molecule has 2 heteroatoms. The van der Waals surface area contributed by atoms with E-state index >= 15 is 0 Å². The number of likely N-dealkylation sites (tertiary alicyclic amines) is 1. The predicted octanol–water partition coefficient (Wildman–Crippen LogP) is 0.207. The van der Waals surface area contributed by atoms with Crippen LogP contribution in [0, 0.1) is 0 Å². The standard InChI is InChI=1S/C12H16N2/c1-2-4-10(5-3-1)8-14-9-11-6-12(14)7-13-11/h1-5,11-13H,6-9H2/p+1/t11-,12-/m0/s1. The van der Waals surface area contributed by atoms with Crippen LogP contribution in [0.1, 0.15) is 12.0 Å². The van der Waals surface area contributed by atoms with E-state index < -0.39 is 0 Å². The molecule has 3 rings (SSSR count). The quantitative estimate of drug-likeness (QED) is 0.705. The number of piperazine rings is 1. The van der Waals surface area contributed by atoms with Crippen LogP contribution in [0.3, 0.4) is 0 Å². The first-order valence-electron chi connectivity index (χ1n) is 5.53. The summed E-state index contributed by atoms with van der Waals surface area (Å²) in [5.74, 6) is 0. The van der Waals surface area contributed by atoms with Gasteiger partial charge in [0, 0.05) is 13.0 Å². The van der Waals surface area contributed by atoms with Gasteiger partial charge in [0.1, 0.15) is 6.04 Å². The van der Waals surface area contributed by atoms with Gasteiger partial charge in [-0.2, -0.15) is 0 Å². The summed E-state index contributed by atoms with van der Waals surface area (Å²) in [6.45, 7) is 3.76. The molecule has 0 aliphatic carbocycles. The van der Waals surface area contributed by atoms with Crippen molar-refractivity contribution in [2.75, 3.05) is 13.1 Å². The highest BCUT2D eigenvalue weighted by molar-refractivity contribution is 5.15. The van der Waals surface area contributed by atoms with Crippen molar-refractivity contribution < 1.29 is 5.32 Å². The van der Waals surface area contributed by atoms with Crippen molar-refractivity contribution in [1.29, 1.82) is 0 Å². The maximum absolute atomic E-state index is 2.64. The first-order valence-corrected chi connectivity index (χ1v) is 5.53. The molecule has 0 saturated carbocycles. The Balaban J connectivity index is 1.69. The molecule has 2 aliphatic heterocycles. The molecule has 0 unspecified atom stereocenters. The summed E-state index contributed by atoms with van der Waals surface area (Å²) in [5, 5.41) is 2.51. The molecular formula is C12H17N2+. The highest BCUT2D eigenvalue weighted by Crippen LogP contribution is 2.20. The lowest BCUT2D eigenvalue weighted by atomic mass is 10.2. The van der Waals surface area contributed by atoms with Crippen LogP contribution in [-0.4, -0.2) is 30.1 Å². The molecule has 0 radical (unpaired) electrons. The van der Waals surface area contributed by atoms with E-state index in [1.54, 1.807) is 0 Å². The number of hydrogen-bond acceptors (Lipinski definition) is 1. The summed E-state index contributed by atoms with van der Waals surface area (Å²) in [6.07, 6.45) is 1.41. The molecule has 2 atom stereocenters. The fourth-order valence-corrected chi connectivity index (χ4v) is 2.80. The Morgan fingerprint density at radius 1 is 1.29 bits per heavy atom. The summed E-state index contributed by atoms with van der Waals surface area (Å²) in [7, 11) is 0. The van der Waals surface area contributed by atoms with Crippen LogP contribution >= 0.6 is 0 Å². The summed E-state index contributed by atoms with van der Waals surface area (Å²) in [5.41, 5.74) is 1.46. The van der Waals surface area contributed by atoms with Crippen LogP contribution in [0.4, 0.5) is 0 Å². The minimum Gasteiger partial charge on any atom is -0.341 e. The number of hydrogen-bond donors (Lipinski definition) is 1. The van der Waals surface area contributed by atoms with E-state index in [-0.39, 0.29) is 0 Å². The predicted molar refractivity (Wildman–Crippen MR) is 55.8 cm³/mol. The Morgan fingerprint density at radius 2 is 2.14 bits per heavy atom. The molecule has 1 aromatic carbocycles. The van der Waals surface area contributed by atoms with Gasteiger partial charge in [0.25, 0.3) is 0 Å². The van der Waals surface area contributed by atoms with Gasteiger partial charge in [-0.15, -0.1) is 0 Å². The molecule has 2 saturated heterocycles. The second-order valence-corrected chi connectivity index (χ2v) is 4.54. The van der Waals surface area contributed by atoms with Crippen molar-refractivity contribution >= 4 is 0 Å². The largest absolute Gasteiger partial charge is 0.341 e. The summed E-state index contributed by atoms with van der Waals surface area (Å²) in [6, 6.07) is 12.6. The molecule has 0 amide bonds. The Morgan fingerprint density at radius 3 is 2.79 bits per heavy atom. The van der Waals surface area contributed by atoms with Crippen LogP contribution < -0.4 is 5.32 Å². The first kappa shape index (κ1) is 8.45. The van der Waals surface area contributed by atoms with Crippen molar-refractivity contribution in [3.05, 3.63) is 35.9 Å². The molecule has 2 heterocycles. The van der Waals surface area contributed by atoms with Gasteiger partial charge >= 0.3 is 0 Å². The summed E-state index contributed by atoms with van der Waals surface area (Å²) in [4.78, 5) is 2.64. The van der Waals surface area contributed by atoms with E-state index in [0.29, 0.717) is 0 Å². The molecule has 0 spiro atoms. The topological polar surface area (TPSA) is 19.9 Å². The van der Waals surface area contributed by atoms with E-state index in [0.717, 1.165) is 18.6 Å². The lowest BCUT2D eigenvalue weighted by Crippen LogP contribution is -2.90. The van der Waals surface area contributed by atoms with Crippen LogP contribution in [0.15, 0.2) is 30.3 Å². The Bertz CT molecular complexity index is 309. The second-order valence-electron chi connectivity index (χ2n) is 4.54. The normalized spacial score (nSPS) is 31.1. The minimum atomic E-state index is 0.847. The zero-order valence-corrected chi connectivity index (χ0v) is 8.39. The molecule has 2 aliphatic rings. The van der Waals surface area contributed by atoms with Gasteiger partial charge in [-0.3, -0.25) is 4.90 Å². The van der Waals surface area contributed by atoms with E-state index in [1.807, 2.05) is 0 Å². The number of fused-ring (bicyclic) bond motifs is 2. The minimum absolute atomic E-state index is 0.847. The monoisotopic (exact) mass is 189 g/mol. The summed E-state index contributed by atoms with van der Waals surface area (Å²) >= 11 is 0. The lowest BCUT2D eigenvalue weighted by Gasteiger charge is -2.24. The van der Waals surface area contributed by atoms with Gasteiger partial charge in [0.15, 0.2) is 0 Å². The molecule has 0 aromatic heterocycles. The summed E-state index contributed by atoms with van der Waals surface area (Å²) < 4.78 is 0. The van der Waals surface area contributed by atoms with Crippen LogP contribution in [-0.2, 0) is 6.54 Å². The number of nitrogens with two attached hydrogens (primary N) is 1. The van der Waals surface area contributed by atoms with Crippen molar-refractivity contribution in [3.8, 4) is 0 Å². The van der Waals surface area contributed by atoms with Gasteiger partial charge in [-0.25, -0.2) is 0 Å². The molecule has 14 heavy (non-hydrogen) atoms. The number of rotatable bonds is 2. The third-order valence-electron chi connectivity index (χ3n) is 3.53. The fraction of sp³-hybridized carbons (Fsp3) is 0.500. The second kappa shape index (κ2) is 3.37. The van der Waals surface area contributed by atoms with Crippen molar-refractivity contribution in [2.24, 2.45) is 0 Å². The van der Waals surface area contributed by atoms with Gasteiger partial charge < -0.3 is 5.32 Å². The third-order valence-corrected chi connectivity index (χ3v) is 3.53. The highest BCUT2D eigenvalue weighted by Gasteiger charge is 2.40. The maximum atomic E-state index is 2.64. The van der Waals surface area contributed by atoms with Crippen molar-refractivity contribution in [2.45, 2.75) is 25.0 Å². The fourth-order valence-electron chi connectivity index (χ4n) is 2.80. The van der Waals surface area contributed by atoms with Crippen molar-refractivity contribution in [3.63, 3.8) is 0 Å². The molecule has 2 nitrogen and oxygen atoms in total. The van der Waals surface area contributed by atoms with E-state index in [9.17, 15) is 0 Å². The maximum Gasteiger partial charge on any atom is 0.101 e. The van der Waals surface area contributed by atoms with Crippen molar-refractivity contribution in [1.82, 2.24) is 4.90 Å². The first-order chi connectivity index (χ1) is 6.92. The Kier molecular flexibility index (Phi) is 2.03. The van der Waals surface area contributed by atoms with Gasteiger partial charge in [0.05, 0.1) is 19.1 Å². The lowest BCUT2D eigenvalue weighted by molar-refractivity contribution is -0.678. The molecule has 2 bridgehead atoms. The van der Waals surface area contributed by atoms with E-state index in [4.69, 9.17) is 0 Å². The van der Waals surface area contributed by atoms with Gasteiger partial charge in [0.2, 0.25) is 0 Å². The number of benzene rings is 1. The molecule has 2 N–H and O–H groups in total. The SMILES string of the molecule is c1ccc(CN2C[C@@H]3C[C@H]2C[NH2+]3)cc1. The van der Waals surface area contributed by atoms with Crippen LogP contribution in [0.25, 0.3) is 0 Å². The van der Waals surface area contributed by atoms with Gasteiger partial charge in [-0.05, 0) is 5.56 Å². The zero-order valence-electron chi connectivity index (χ0n) is 8.39. The smallest absolute Gasteiger partial charge is 0.101 e. The van der Waals surface area contributed by atoms with E-state index in [1.165, 1.54) is 25.1 Å². The molecular weight excluding hydrogens is 172 g/mol. The van der Waals surface area contributed by atoms with Crippen LogP contribution in [0.2, 0.25) is 0 Å². The molecule has 74 valence electrons. The third kappa shape index (κ3) is 1.45. The van der Waals surface area contributed by atoms with E-state index in [2.05, 4.69) is 40.5 Å². The Hall–Kier alpha value is -0.860. The average molecular weight is 189 g/mol. The Labute approximate surface area is 84.9 Å². The van der Waals surface area contributed by atoms with Gasteiger partial charge in [-0.1, -0.05) is 30.3 Å².